The fourth-order valence-corrected chi connectivity index (χ4v) is 2.46. The molecule has 1 aromatic rings. The molecule has 0 aliphatic carbocycles. The molecule has 1 unspecified atom stereocenters. The van der Waals surface area contributed by atoms with Crippen LogP contribution in [0.3, 0.4) is 0 Å². The summed E-state index contributed by atoms with van der Waals surface area (Å²) in [5.41, 5.74) is 6.67. The van der Waals surface area contributed by atoms with Crippen LogP contribution in [0.4, 0.5) is 17.1 Å². The number of hydrogen-bond acceptors (Lipinski definition) is 5. The molecule has 1 saturated heterocycles. The highest BCUT2D eigenvalue weighted by molar-refractivity contribution is 5.65. The molecule has 104 valence electrons. The molecule has 3 N–H and O–H groups in total. The van der Waals surface area contributed by atoms with Gasteiger partial charge in [0.15, 0.2) is 0 Å². The van der Waals surface area contributed by atoms with Crippen molar-refractivity contribution < 1.29 is 4.92 Å². The molecule has 0 aromatic heterocycles. The van der Waals surface area contributed by atoms with Gasteiger partial charge in [0.25, 0.3) is 5.69 Å². The Labute approximate surface area is 112 Å². The minimum Gasteiger partial charge on any atom is -0.393 e. The molecule has 6 heteroatoms. The van der Waals surface area contributed by atoms with Crippen LogP contribution in [-0.4, -0.2) is 36.0 Å². The van der Waals surface area contributed by atoms with Crippen molar-refractivity contribution in [3.63, 3.8) is 0 Å². The van der Waals surface area contributed by atoms with Gasteiger partial charge in [-0.3, -0.25) is 10.1 Å². The number of anilines is 2. The Morgan fingerprint density at radius 1 is 1.58 bits per heavy atom. The lowest BCUT2D eigenvalue weighted by atomic mass is 10.1. The van der Waals surface area contributed by atoms with E-state index in [0.29, 0.717) is 5.92 Å². The second-order valence-electron chi connectivity index (χ2n) is 4.96. The summed E-state index contributed by atoms with van der Waals surface area (Å²) >= 11 is 0. The van der Waals surface area contributed by atoms with Gasteiger partial charge in [0.2, 0.25) is 0 Å². The first kappa shape index (κ1) is 13.6. The van der Waals surface area contributed by atoms with Crippen LogP contribution in [0.25, 0.3) is 0 Å². The number of nitrogen functional groups attached to an aromatic ring is 1. The van der Waals surface area contributed by atoms with Gasteiger partial charge in [-0.2, -0.15) is 0 Å². The second-order valence-corrected chi connectivity index (χ2v) is 4.96. The number of nitro groups is 1. The number of nitrogens with one attached hydrogen (secondary N) is 1. The molecule has 0 bridgehead atoms. The molecular formula is C13H20N4O2. The van der Waals surface area contributed by atoms with Crippen LogP contribution in [0.15, 0.2) is 18.2 Å². The summed E-state index contributed by atoms with van der Waals surface area (Å²) in [5, 5.41) is 14.0. The standard InChI is InChI=1S/C13H20N4O2/c1-2-16-6-5-10(9-16)8-15-11-3-4-13(17(18)19)12(14)7-11/h3-4,7,10,15H,2,5-6,8-9,14H2,1H3. The van der Waals surface area contributed by atoms with Crippen molar-refractivity contribution in [1.82, 2.24) is 4.90 Å². The third kappa shape index (κ3) is 3.35. The number of nitrogens with zero attached hydrogens (tertiary/aromatic N) is 2. The van der Waals surface area contributed by atoms with Gasteiger partial charge < -0.3 is 16.0 Å². The quantitative estimate of drug-likeness (QED) is 0.482. The van der Waals surface area contributed by atoms with Gasteiger partial charge in [-0.25, -0.2) is 0 Å². The van der Waals surface area contributed by atoms with Gasteiger partial charge in [0.05, 0.1) is 4.92 Å². The van der Waals surface area contributed by atoms with E-state index in [1.807, 2.05) is 0 Å². The first-order valence-electron chi connectivity index (χ1n) is 6.60. The maximum atomic E-state index is 10.7. The predicted molar refractivity (Wildman–Crippen MR) is 76.2 cm³/mol. The Kier molecular flexibility index (Phi) is 4.21. The summed E-state index contributed by atoms with van der Waals surface area (Å²) in [6.07, 6.45) is 1.20. The van der Waals surface area contributed by atoms with E-state index in [2.05, 4.69) is 17.1 Å². The van der Waals surface area contributed by atoms with E-state index in [9.17, 15) is 10.1 Å². The van der Waals surface area contributed by atoms with E-state index in [1.54, 1.807) is 12.1 Å². The van der Waals surface area contributed by atoms with Gasteiger partial charge in [-0.15, -0.1) is 0 Å². The SMILES string of the molecule is CCN1CCC(CNc2ccc([N+](=O)[O-])c(N)c2)C1. The molecule has 1 fully saturated rings. The predicted octanol–water partition coefficient (Wildman–Crippen LogP) is 1.93. The summed E-state index contributed by atoms with van der Waals surface area (Å²) in [6, 6.07) is 4.79. The summed E-state index contributed by atoms with van der Waals surface area (Å²) < 4.78 is 0. The normalized spacial score (nSPS) is 19.5. The number of hydrogen-bond donors (Lipinski definition) is 2. The Morgan fingerprint density at radius 2 is 2.37 bits per heavy atom. The topological polar surface area (TPSA) is 84.4 Å². The minimum absolute atomic E-state index is 0.0384. The molecule has 0 amide bonds. The molecule has 2 rings (SSSR count). The van der Waals surface area contributed by atoms with E-state index in [1.165, 1.54) is 12.5 Å². The van der Waals surface area contributed by atoms with Crippen LogP contribution < -0.4 is 11.1 Å². The van der Waals surface area contributed by atoms with Crippen molar-refractivity contribution in [2.45, 2.75) is 13.3 Å². The number of likely N-dealkylation sites (tertiary alicyclic amines) is 1. The number of nitrogens with two attached hydrogens (primary N) is 1. The van der Waals surface area contributed by atoms with Gasteiger partial charge in [-0.05, 0) is 37.6 Å². The van der Waals surface area contributed by atoms with Crippen molar-refractivity contribution in [2.24, 2.45) is 5.92 Å². The highest BCUT2D eigenvalue weighted by Crippen LogP contribution is 2.25. The lowest BCUT2D eigenvalue weighted by molar-refractivity contribution is -0.383. The lowest BCUT2D eigenvalue weighted by Gasteiger charge is -2.14. The monoisotopic (exact) mass is 264 g/mol. The largest absolute Gasteiger partial charge is 0.393 e. The fraction of sp³-hybridized carbons (Fsp3) is 0.538. The third-order valence-electron chi connectivity index (χ3n) is 3.64. The molecule has 0 spiro atoms. The second kappa shape index (κ2) is 5.88. The van der Waals surface area contributed by atoms with Crippen LogP contribution in [0.1, 0.15) is 13.3 Å². The molecule has 1 aliphatic heterocycles. The smallest absolute Gasteiger partial charge is 0.292 e. The number of rotatable bonds is 5. The van der Waals surface area contributed by atoms with Gasteiger partial charge in [0, 0.05) is 24.8 Å². The minimum atomic E-state index is -0.463. The van der Waals surface area contributed by atoms with Crippen LogP contribution >= 0.6 is 0 Å². The Morgan fingerprint density at radius 3 is 2.95 bits per heavy atom. The summed E-state index contributed by atoms with van der Waals surface area (Å²) in [7, 11) is 0. The van der Waals surface area contributed by atoms with E-state index < -0.39 is 4.92 Å². The van der Waals surface area contributed by atoms with Crippen LogP contribution in [0.5, 0.6) is 0 Å². The fourth-order valence-electron chi connectivity index (χ4n) is 2.46. The van der Waals surface area contributed by atoms with Crippen LogP contribution in [0, 0.1) is 16.0 Å². The molecule has 1 heterocycles. The van der Waals surface area contributed by atoms with Crippen molar-refractivity contribution >= 4 is 17.1 Å². The zero-order valence-electron chi connectivity index (χ0n) is 11.1. The zero-order valence-corrected chi connectivity index (χ0v) is 11.1. The summed E-state index contributed by atoms with van der Waals surface area (Å²) in [4.78, 5) is 12.6. The highest BCUT2D eigenvalue weighted by atomic mass is 16.6. The van der Waals surface area contributed by atoms with E-state index in [0.717, 1.165) is 31.9 Å². The Hall–Kier alpha value is -1.82. The Balaban J connectivity index is 1.90. The van der Waals surface area contributed by atoms with Gasteiger partial charge in [0.1, 0.15) is 5.69 Å². The zero-order chi connectivity index (χ0) is 13.8. The molecule has 19 heavy (non-hydrogen) atoms. The molecule has 0 saturated carbocycles. The molecule has 1 atom stereocenters. The Bertz CT molecular complexity index is 464. The van der Waals surface area contributed by atoms with E-state index in [-0.39, 0.29) is 11.4 Å². The number of nitro benzene ring substituents is 1. The summed E-state index contributed by atoms with van der Waals surface area (Å²) in [6.45, 7) is 6.43. The van der Waals surface area contributed by atoms with Crippen molar-refractivity contribution in [2.75, 3.05) is 37.2 Å². The maximum absolute atomic E-state index is 10.7. The lowest BCUT2D eigenvalue weighted by Crippen LogP contribution is -2.22. The first-order valence-corrected chi connectivity index (χ1v) is 6.60. The molecular weight excluding hydrogens is 244 g/mol. The molecule has 1 aliphatic rings. The van der Waals surface area contributed by atoms with Crippen molar-refractivity contribution in [3.8, 4) is 0 Å². The number of benzene rings is 1. The third-order valence-corrected chi connectivity index (χ3v) is 3.64. The molecule has 1 aromatic carbocycles. The van der Waals surface area contributed by atoms with Gasteiger partial charge >= 0.3 is 0 Å². The van der Waals surface area contributed by atoms with Crippen molar-refractivity contribution in [1.29, 1.82) is 0 Å². The van der Waals surface area contributed by atoms with E-state index >= 15 is 0 Å². The van der Waals surface area contributed by atoms with Crippen molar-refractivity contribution in [3.05, 3.63) is 28.3 Å². The summed E-state index contributed by atoms with van der Waals surface area (Å²) in [5.74, 6) is 0.636. The molecule has 0 radical (unpaired) electrons. The van der Waals surface area contributed by atoms with Crippen LogP contribution in [-0.2, 0) is 0 Å². The average Bonchev–Trinajstić information content (AvgIpc) is 2.84. The highest BCUT2D eigenvalue weighted by Gasteiger charge is 2.20. The van der Waals surface area contributed by atoms with Crippen LogP contribution in [0.2, 0.25) is 0 Å². The maximum Gasteiger partial charge on any atom is 0.292 e. The average molecular weight is 264 g/mol. The molecule has 6 nitrogen and oxygen atoms in total. The van der Waals surface area contributed by atoms with E-state index in [4.69, 9.17) is 5.73 Å². The van der Waals surface area contributed by atoms with Gasteiger partial charge in [-0.1, -0.05) is 6.92 Å². The first-order chi connectivity index (χ1) is 9.10.